The van der Waals surface area contributed by atoms with E-state index in [1.807, 2.05) is 0 Å². The lowest BCUT2D eigenvalue weighted by Gasteiger charge is -2.44. The molecule has 3 aliphatic heterocycles. The molecule has 1 amide bonds. The Balaban J connectivity index is 1.56. The van der Waals surface area contributed by atoms with Gasteiger partial charge < -0.3 is 9.84 Å². The maximum absolute atomic E-state index is 13.4. The van der Waals surface area contributed by atoms with Crippen LogP contribution >= 0.6 is 0 Å². The summed E-state index contributed by atoms with van der Waals surface area (Å²) in [6.45, 7) is 2.96. The number of rotatable bonds is 5. The molecule has 152 valence electrons. The summed E-state index contributed by atoms with van der Waals surface area (Å²) in [6, 6.07) is 12.0. The Morgan fingerprint density at radius 3 is 2.48 bits per heavy atom. The van der Waals surface area contributed by atoms with Gasteiger partial charge in [0.05, 0.1) is 12.1 Å². The van der Waals surface area contributed by atoms with Crippen LogP contribution in [0.25, 0.3) is 0 Å². The van der Waals surface area contributed by atoms with Crippen LogP contribution in [-0.4, -0.2) is 47.8 Å². The van der Waals surface area contributed by atoms with E-state index in [1.54, 1.807) is 12.1 Å². The van der Waals surface area contributed by atoms with Gasteiger partial charge in [-0.25, -0.2) is 14.0 Å². The fourth-order valence-corrected chi connectivity index (χ4v) is 4.11. The number of aromatic carboxylic acids is 1. The molecule has 0 spiro atoms. The summed E-state index contributed by atoms with van der Waals surface area (Å²) in [5, 5.41) is 9.23. The van der Waals surface area contributed by atoms with Gasteiger partial charge in [0.25, 0.3) is 0 Å². The summed E-state index contributed by atoms with van der Waals surface area (Å²) < 4.78 is 19.2. The zero-order valence-corrected chi connectivity index (χ0v) is 16.0. The van der Waals surface area contributed by atoms with Crippen LogP contribution in [0.4, 0.5) is 14.9 Å². The van der Waals surface area contributed by atoms with Gasteiger partial charge in [0.15, 0.2) is 0 Å². The third-order valence-electron chi connectivity index (χ3n) is 5.72. The van der Waals surface area contributed by atoms with E-state index < -0.39 is 17.9 Å². The van der Waals surface area contributed by atoms with E-state index in [1.165, 1.54) is 41.3 Å². The minimum absolute atomic E-state index is 0.132. The van der Waals surface area contributed by atoms with Crippen molar-refractivity contribution in [2.75, 3.05) is 24.5 Å². The highest BCUT2D eigenvalue weighted by Gasteiger charge is 2.37. The summed E-state index contributed by atoms with van der Waals surface area (Å²) in [4.78, 5) is 28.1. The number of carbonyl (C=O) groups is 2. The van der Waals surface area contributed by atoms with Gasteiger partial charge in [-0.3, -0.25) is 9.80 Å². The number of carboxylic acids is 1. The van der Waals surface area contributed by atoms with Gasteiger partial charge in [0, 0.05) is 12.2 Å². The maximum Gasteiger partial charge on any atom is 0.414 e. The zero-order valence-electron chi connectivity index (χ0n) is 16.0. The highest BCUT2D eigenvalue weighted by molar-refractivity contribution is 5.89. The summed E-state index contributed by atoms with van der Waals surface area (Å²) in [5.74, 6) is -1.06. The smallest absolute Gasteiger partial charge is 0.414 e. The van der Waals surface area contributed by atoms with Crippen molar-refractivity contribution in [1.82, 2.24) is 4.90 Å². The highest BCUT2D eigenvalue weighted by atomic mass is 19.1. The first-order chi connectivity index (χ1) is 14.0. The van der Waals surface area contributed by atoms with Crippen molar-refractivity contribution in [3.8, 4) is 0 Å². The Morgan fingerprint density at radius 1 is 1.14 bits per heavy atom. The van der Waals surface area contributed by atoms with Gasteiger partial charge in [0.1, 0.15) is 11.9 Å². The van der Waals surface area contributed by atoms with Crippen molar-refractivity contribution in [3.63, 3.8) is 0 Å². The third-order valence-corrected chi connectivity index (χ3v) is 5.72. The van der Waals surface area contributed by atoms with Crippen molar-refractivity contribution in [3.05, 3.63) is 65.5 Å². The van der Waals surface area contributed by atoms with Gasteiger partial charge in [-0.05, 0) is 73.8 Å². The molecule has 0 saturated carbocycles. The van der Waals surface area contributed by atoms with Crippen molar-refractivity contribution < 1.29 is 23.8 Å². The molecule has 0 radical (unpaired) electrons. The maximum atomic E-state index is 13.4. The molecule has 3 aliphatic rings. The van der Waals surface area contributed by atoms with Crippen LogP contribution < -0.4 is 4.90 Å². The van der Waals surface area contributed by atoms with Crippen LogP contribution in [0.3, 0.4) is 0 Å². The zero-order chi connectivity index (χ0) is 20.4. The molecule has 0 aromatic heterocycles. The first kappa shape index (κ1) is 19.4. The Hall–Kier alpha value is -2.93. The predicted octanol–water partition coefficient (Wildman–Crippen LogP) is 3.76. The number of amides is 1. The van der Waals surface area contributed by atoms with E-state index in [9.17, 15) is 19.1 Å². The average Bonchev–Trinajstić information content (AvgIpc) is 2.74. The Labute approximate surface area is 168 Å². The largest absolute Gasteiger partial charge is 0.478 e. The predicted molar refractivity (Wildman–Crippen MR) is 105 cm³/mol. The van der Waals surface area contributed by atoms with Gasteiger partial charge in [-0.2, -0.15) is 0 Å². The van der Waals surface area contributed by atoms with Crippen LogP contribution in [0.15, 0.2) is 48.5 Å². The molecular weight excluding hydrogens is 375 g/mol. The molecule has 0 unspecified atom stereocenters. The average molecular weight is 398 g/mol. The van der Waals surface area contributed by atoms with Crippen molar-refractivity contribution in [1.29, 1.82) is 0 Å². The lowest BCUT2D eigenvalue weighted by Crippen LogP contribution is -2.53. The minimum Gasteiger partial charge on any atom is -0.478 e. The molecule has 3 heterocycles. The fraction of sp³-hybridized carbons (Fsp3) is 0.364. The molecule has 2 aromatic carbocycles. The van der Waals surface area contributed by atoms with E-state index in [0.29, 0.717) is 17.2 Å². The van der Waals surface area contributed by atoms with E-state index in [4.69, 9.17) is 4.74 Å². The van der Waals surface area contributed by atoms with Crippen molar-refractivity contribution in [2.45, 2.75) is 25.5 Å². The summed E-state index contributed by atoms with van der Waals surface area (Å²) in [6.07, 6.45) is 1.39. The number of halogens is 1. The number of ether oxygens (including phenoxy) is 1. The van der Waals surface area contributed by atoms with E-state index in [-0.39, 0.29) is 18.2 Å². The quantitative estimate of drug-likeness (QED) is 0.831. The van der Waals surface area contributed by atoms with Gasteiger partial charge in [-0.15, -0.1) is 0 Å². The number of carboxylic acid groups (broad SMARTS) is 1. The van der Waals surface area contributed by atoms with Crippen LogP contribution in [0.1, 0.15) is 28.8 Å². The molecule has 7 heteroatoms. The molecule has 29 heavy (non-hydrogen) atoms. The molecule has 1 atom stereocenters. The fourth-order valence-electron chi connectivity index (χ4n) is 4.11. The molecule has 1 N–H and O–H groups in total. The highest BCUT2D eigenvalue weighted by Crippen LogP contribution is 2.30. The topological polar surface area (TPSA) is 70.1 Å². The number of fused-ring (bicyclic) bond motifs is 3. The molecule has 3 saturated heterocycles. The molecule has 6 nitrogen and oxygen atoms in total. The number of carbonyl (C=O) groups excluding carboxylic acids is 1. The lowest BCUT2D eigenvalue weighted by molar-refractivity contribution is -0.0311. The number of hydrogen-bond donors (Lipinski definition) is 1. The van der Waals surface area contributed by atoms with Gasteiger partial charge >= 0.3 is 12.1 Å². The van der Waals surface area contributed by atoms with E-state index in [0.717, 1.165) is 32.5 Å². The van der Waals surface area contributed by atoms with Crippen molar-refractivity contribution >= 4 is 17.7 Å². The van der Waals surface area contributed by atoms with Crippen molar-refractivity contribution in [2.24, 2.45) is 5.92 Å². The summed E-state index contributed by atoms with van der Waals surface area (Å²) in [5.41, 5.74) is 1.30. The lowest BCUT2D eigenvalue weighted by atomic mass is 9.86. The number of nitrogens with zero attached hydrogens (tertiary/aromatic N) is 2. The second-order valence-corrected chi connectivity index (χ2v) is 7.63. The first-order valence-corrected chi connectivity index (χ1v) is 9.78. The standard InChI is InChI=1S/C22H23FN2O4/c23-18-4-6-19(7-5-18)25(13-15-2-1-3-17(12-15)21(26)27)22(28)29-20-14-24-10-8-16(20)9-11-24/h1-7,12,16,20H,8-11,13-14H2,(H,26,27)/t20-/m0/s1. The van der Waals surface area contributed by atoms with Gasteiger partial charge in [-0.1, -0.05) is 12.1 Å². The second kappa shape index (κ2) is 8.21. The molecule has 2 bridgehead atoms. The summed E-state index contributed by atoms with van der Waals surface area (Å²) in [7, 11) is 0. The normalized spacial score (nSPS) is 22.9. The van der Waals surface area contributed by atoms with Crippen LogP contribution in [0.5, 0.6) is 0 Å². The third kappa shape index (κ3) is 4.40. The minimum atomic E-state index is -1.03. The molecule has 3 fully saturated rings. The molecule has 5 rings (SSSR count). The van der Waals surface area contributed by atoms with Crippen LogP contribution in [0, 0.1) is 11.7 Å². The monoisotopic (exact) mass is 398 g/mol. The molecule has 0 aliphatic carbocycles. The number of hydrogen-bond acceptors (Lipinski definition) is 4. The van der Waals surface area contributed by atoms with E-state index >= 15 is 0 Å². The van der Waals surface area contributed by atoms with E-state index in [2.05, 4.69) is 4.90 Å². The Kier molecular flexibility index (Phi) is 5.49. The number of piperidine rings is 3. The molecule has 2 aromatic rings. The second-order valence-electron chi connectivity index (χ2n) is 7.63. The molecular formula is C22H23FN2O4. The Morgan fingerprint density at radius 2 is 1.86 bits per heavy atom. The SMILES string of the molecule is O=C(O)c1cccc(CN(C(=O)O[C@H]2CN3CCC2CC3)c2ccc(F)cc2)c1. The van der Waals surface area contributed by atoms with Gasteiger partial charge in [0.2, 0.25) is 0 Å². The van der Waals surface area contributed by atoms with Crippen LogP contribution in [-0.2, 0) is 11.3 Å². The summed E-state index contributed by atoms with van der Waals surface area (Å²) >= 11 is 0. The first-order valence-electron chi connectivity index (χ1n) is 9.78. The van der Waals surface area contributed by atoms with Crippen LogP contribution in [0.2, 0.25) is 0 Å². The number of benzene rings is 2. The number of anilines is 1. The Bertz CT molecular complexity index is 894.